The number of thiophene rings is 2. The van der Waals surface area contributed by atoms with Crippen molar-refractivity contribution in [1.29, 1.82) is 0 Å². The fourth-order valence-electron chi connectivity index (χ4n) is 4.95. The predicted octanol–water partition coefficient (Wildman–Crippen LogP) is 6.00. The average Bonchev–Trinajstić information content (AvgIpc) is 3.45. The third kappa shape index (κ3) is 3.30. The maximum atomic E-state index is 13.5. The minimum absolute atomic E-state index is 0.0864. The summed E-state index contributed by atoms with van der Waals surface area (Å²) < 4.78 is 28.7. The number of hydrogen-bond donors (Lipinski definition) is 0. The summed E-state index contributed by atoms with van der Waals surface area (Å²) in [5, 5.41) is 4.47. The van der Waals surface area contributed by atoms with E-state index in [0.29, 0.717) is 11.4 Å². The summed E-state index contributed by atoms with van der Waals surface area (Å²) in [6, 6.07) is 11.7. The molecule has 1 fully saturated rings. The fraction of sp³-hybridized carbons (Fsp3) is 0.333. The first-order valence-corrected chi connectivity index (χ1v) is 13.5. The van der Waals surface area contributed by atoms with Gasteiger partial charge in [0, 0.05) is 28.3 Å². The van der Waals surface area contributed by atoms with Gasteiger partial charge in [0.05, 0.1) is 4.90 Å². The van der Waals surface area contributed by atoms with E-state index in [-0.39, 0.29) is 17.9 Å². The van der Waals surface area contributed by atoms with Gasteiger partial charge in [-0.1, -0.05) is 23.8 Å². The van der Waals surface area contributed by atoms with Crippen LogP contribution in [0.1, 0.15) is 38.8 Å². The van der Waals surface area contributed by atoms with Crippen molar-refractivity contribution >= 4 is 38.3 Å². The zero-order valence-electron chi connectivity index (χ0n) is 17.3. The molecule has 0 unspecified atom stereocenters. The summed E-state index contributed by atoms with van der Waals surface area (Å²) in [4.78, 5) is 2.98. The number of nitrogens with zero attached hydrogens (tertiary/aromatic N) is 1. The molecule has 3 nitrogen and oxygen atoms in total. The van der Waals surface area contributed by atoms with Crippen molar-refractivity contribution in [1.82, 2.24) is 4.31 Å². The first-order chi connectivity index (χ1) is 14.3. The number of allylic oxidation sites excluding steroid dienone is 1. The highest BCUT2D eigenvalue weighted by molar-refractivity contribution is 7.89. The Labute approximate surface area is 186 Å². The Hall–Kier alpha value is -1.73. The fourth-order valence-corrected chi connectivity index (χ4v) is 8.04. The van der Waals surface area contributed by atoms with E-state index in [0.717, 1.165) is 12.0 Å². The number of benzene rings is 1. The Bertz CT molecular complexity index is 1220. The molecule has 3 aromatic rings. The van der Waals surface area contributed by atoms with Crippen LogP contribution in [-0.4, -0.2) is 25.3 Å². The third-order valence-electron chi connectivity index (χ3n) is 6.37. The van der Waals surface area contributed by atoms with E-state index in [1.54, 1.807) is 39.1 Å². The molecule has 5 rings (SSSR count). The van der Waals surface area contributed by atoms with Crippen LogP contribution in [0.3, 0.4) is 0 Å². The van der Waals surface area contributed by atoms with E-state index in [1.807, 2.05) is 19.1 Å². The molecule has 0 N–H and O–H groups in total. The summed E-state index contributed by atoms with van der Waals surface area (Å²) in [6.07, 6.45) is 3.13. The molecular weight excluding hydrogens is 430 g/mol. The van der Waals surface area contributed by atoms with Gasteiger partial charge in [-0.15, -0.1) is 22.7 Å². The van der Waals surface area contributed by atoms with Crippen LogP contribution in [0, 0.1) is 26.7 Å². The van der Waals surface area contributed by atoms with Gasteiger partial charge in [-0.25, -0.2) is 8.42 Å². The zero-order valence-corrected chi connectivity index (χ0v) is 19.8. The minimum atomic E-state index is -3.52. The Balaban J connectivity index is 1.57. The van der Waals surface area contributed by atoms with E-state index in [4.69, 9.17) is 0 Å². The van der Waals surface area contributed by atoms with E-state index < -0.39 is 10.0 Å². The van der Waals surface area contributed by atoms with Crippen LogP contribution in [0.25, 0.3) is 5.57 Å². The zero-order chi connectivity index (χ0) is 21.0. The molecule has 3 heterocycles. The molecule has 0 amide bonds. The molecule has 30 heavy (non-hydrogen) atoms. The Morgan fingerprint density at radius 2 is 1.67 bits per heavy atom. The summed E-state index contributed by atoms with van der Waals surface area (Å²) in [5.41, 5.74) is 4.93. The van der Waals surface area contributed by atoms with Crippen LogP contribution in [0.2, 0.25) is 0 Å². The van der Waals surface area contributed by atoms with Gasteiger partial charge >= 0.3 is 0 Å². The molecule has 3 atom stereocenters. The lowest BCUT2D eigenvalue weighted by molar-refractivity contribution is 0.393. The lowest BCUT2D eigenvalue weighted by atomic mass is 9.82. The Kier molecular flexibility index (Phi) is 5.01. The van der Waals surface area contributed by atoms with Gasteiger partial charge in [0.25, 0.3) is 0 Å². The van der Waals surface area contributed by atoms with E-state index in [2.05, 4.69) is 42.8 Å². The summed E-state index contributed by atoms with van der Waals surface area (Å²) in [7, 11) is -3.52. The molecule has 156 valence electrons. The van der Waals surface area contributed by atoms with Crippen molar-refractivity contribution in [2.75, 3.05) is 6.54 Å². The lowest BCUT2D eigenvalue weighted by Gasteiger charge is -2.24. The number of rotatable bonds is 4. The molecule has 1 aliphatic heterocycles. The van der Waals surface area contributed by atoms with Crippen LogP contribution < -0.4 is 0 Å². The molecule has 1 saturated heterocycles. The van der Waals surface area contributed by atoms with Crippen LogP contribution in [0.5, 0.6) is 0 Å². The second-order valence-corrected chi connectivity index (χ2v) is 12.5. The molecular formula is C24H25NO2S3. The molecule has 0 spiro atoms. The Morgan fingerprint density at radius 1 is 0.967 bits per heavy atom. The first kappa shape index (κ1) is 20.2. The van der Waals surface area contributed by atoms with Gasteiger partial charge in [-0.2, -0.15) is 4.31 Å². The van der Waals surface area contributed by atoms with Crippen LogP contribution in [0.15, 0.2) is 58.1 Å². The van der Waals surface area contributed by atoms with Crippen molar-refractivity contribution in [2.45, 2.75) is 44.0 Å². The van der Waals surface area contributed by atoms with Crippen molar-refractivity contribution in [3.05, 3.63) is 79.7 Å². The highest BCUT2D eigenvalue weighted by Gasteiger charge is 2.49. The normalized spacial score (nSPS) is 24.2. The Morgan fingerprint density at radius 3 is 2.30 bits per heavy atom. The second-order valence-electron chi connectivity index (χ2n) is 8.41. The molecule has 0 bridgehead atoms. The van der Waals surface area contributed by atoms with Gasteiger partial charge in [0.1, 0.15) is 0 Å². The molecule has 1 aromatic carbocycles. The standard InChI is InChI=1S/C24H25NO2S3/c1-15-4-6-20(7-5-15)30(26,27)25-9-8-21-23(25)12-22(18-10-16(2)28-13-18)24(21)19-11-17(3)29-14-19/h4-7,10-14,21,23-24H,8-9H2,1-3H3/t21-,23-,24+/m0/s1. The maximum absolute atomic E-state index is 13.5. The topological polar surface area (TPSA) is 37.4 Å². The van der Waals surface area contributed by atoms with E-state index in [1.165, 1.54) is 26.5 Å². The quantitative estimate of drug-likeness (QED) is 0.484. The smallest absolute Gasteiger partial charge is 0.207 e. The average molecular weight is 456 g/mol. The largest absolute Gasteiger partial charge is 0.243 e. The number of fused-ring (bicyclic) bond motifs is 1. The van der Waals surface area contributed by atoms with Crippen LogP contribution in [0.4, 0.5) is 0 Å². The molecule has 1 aliphatic carbocycles. The highest BCUT2D eigenvalue weighted by Crippen LogP contribution is 2.53. The van der Waals surface area contributed by atoms with Crippen molar-refractivity contribution < 1.29 is 8.42 Å². The molecule has 0 saturated carbocycles. The van der Waals surface area contributed by atoms with Gasteiger partial charge < -0.3 is 0 Å². The van der Waals surface area contributed by atoms with E-state index >= 15 is 0 Å². The first-order valence-electron chi connectivity index (χ1n) is 10.3. The van der Waals surface area contributed by atoms with Gasteiger partial charge in [0.2, 0.25) is 10.0 Å². The van der Waals surface area contributed by atoms with Gasteiger partial charge in [-0.05, 0) is 84.8 Å². The summed E-state index contributed by atoms with van der Waals surface area (Å²) >= 11 is 3.53. The molecule has 0 radical (unpaired) electrons. The number of sulfonamides is 1. The monoisotopic (exact) mass is 455 g/mol. The molecule has 2 aliphatic rings. The molecule has 6 heteroatoms. The van der Waals surface area contributed by atoms with Crippen LogP contribution >= 0.6 is 22.7 Å². The number of aryl methyl sites for hydroxylation is 3. The second kappa shape index (κ2) is 7.45. The molecule has 2 aromatic heterocycles. The highest BCUT2D eigenvalue weighted by atomic mass is 32.2. The minimum Gasteiger partial charge on any atom is -0.207 e. The summed E-state index contributed by atoms with van der Waals surface area (Å²) in [5.74, 6) is 0.543. The lowest BCUT2D eigenvalue weighted by Crippen LogP contribution is -2.35. The van der Waals surface area contributed by atoms with Crippen molar-refractivity contribution in [3.63, 3.8) is 0 Å². The van der Waals surface area contributed by atoms with Gasteiger partial charge in [0.15, 0.2) is 0 Å². The predicted molar refractivity (Wildman–Crippen MR) is 126 cm³/mol. The SMILES string of the molecule is Cc1ccc(S(=O)(=O)N2CC[C@@H]3[C@@H](c4csc(C)c4)C(c4csc(C)c4)=C[C@@H]32)cc1. The third-order valence-corrected chi connectivity index (χ3v) is 10.0. The summed E-state index contributed by atoms with van der Waals surface area (Å²) in [6.45, 7) is 6.83. The maximum Gasteiger partial charge on any atom is 0.243 e. The van der Waals surface area contributed by atoms with E-state index in [9.17, 15) is 8.42 Å². The van der Waals surface area contributed by atoms with Gasteiger partial charge in [-0.3, -0.25) is 0 Å². The van der Waals surface area contributed by atoms with Crippen molar-refractivity contribution in [2.24, 2.45) is 5.92 Å². The number of hydrogen-bond acceptors (Lipinski definition) is 4. The van der Waals surface area contributed by atoms with Crippen LogP contribution in [-0.2, 0) is 10.0 Å². The van der Waals surface area contributed by atoms with Crippen molar-refractivity contribution in [3.8, 4) is 0 Å².